The van der Waals surface area contributed by atoms with Gasteiger partial charge in [0.2, 0.25) is 5.13 Å². The van der Waals surface area contributed by atoms with Crippen LogP contribution < -0.4 is 5.32 Å². The number of aryl methyl sites for hydroxylation is 2. The van der Waals surface area contributed by atoms with Gasteiger partial charge >= 0.3 is 0 Å². The number of nitrogens with zero attached hydrogens (tertiary/aromatic N) is 3. The molecule has 0 fully saturated rings. The van der Waals surface area contributed by atoms with Crippen LogP contribution in [0.15, 0.2) is 52.9 Å². The summed E-state index contributed by atoms with van der Waals surface area (Å²) >= 11 is 9.20. The highest BCUT2D eigenvalue weighted by Crippen LogP contribution is 2.30. The van der Waals surface area contributed by atoms with E-state index in [1.807, 2.05) is 56.3 Å². The molecule has 0 aliphatic carbocycles. The van der Waals surface area contributed by atoms with Gasteiger partial charge in [-0.2, -0.15) is 0 Å². The summed E-state index contributed by atoms with van der Waals surface area (Å²) < 4.78 is 2.90. The molecule has 0 bridgehead atoms. The third-order valence-corrected chi connectivity index (χ3v) is 8.08. The van der Waals surface area contributed by atoms with Gasteiger partial charge in [0, 0.05) is 34.2 Å². The molecule has 0 spiro atoms. The second-order valence-corrected chi connectivity index (χ2v) is 10.5. The number of benzene rings is 2. The first-order chi connectivity index (χ1) is 15.8. The van der Waals surface area contributed by atoms with Crippen LogP contribution >= 0.6 is 34.7 Å². The largest absolute Gasteiger partial charge is 0.344 e. The number of carbonyl (C=O) groups is 1. The number of nitrogens with one attached hydrogen (secondary N) is 1. The van der Waals surface area contributed by atoms with Crippen molar-refractivity contribution in [3.63, 3.8) is 0 Å². The van der Waals surface area contributed by atoms with Crippen molar-refractivity contribution in [1.82, 2.24) is 14.8 Å². The molecule has 0 unspecified atom stereocenters. The number of anilines is 2. The van der Waals surface area contributed by atoms with Gasteiger partial charge in [-0.05, 0) is 62.6 Å². The van der Waals surface area contributed by atoms with Gasteiger partial charge in [-0.1, -0.05) is 65.0 Å². The first kappa shape index (κ1) is 23.5. The predicted molar refractivity (Wildman–Crippen MR) is 139 cm³/mol. The van der Waals surface area contributed by atoms with Crippen molar-refractivity contribution < 1.29 is 4.79 Å². The van der Waals surface area contributed by atoms with Gasteiger partial charge < -0.3 is 9.88 Å². The lowest BCUT2D eigenvalue weighted by Gasteiger charge is -2.11. The van der Waals surface area contributed by atoms with E-state index in [9.17, 15) is 4.79 Å². The summed E-state index contributed by atoms with van der Waals surface area (Å²) in [4.78, 5) is 13.0. The Bertz CT molecular complexity index is 1310. The number of Topliss-reactive ketones (excluding diaryl/α,β-unsaturated/α-hetero) is 1. The fraction of sp³-hybridized carbons (Fsp3) is 0.240. The van der Waals surface area contributed by atoms with Crippen molar-refractivity contribution in [2.75, 3.05) is 11.1 Å². The van der Waals surface area contributed by atoms with Crippen molar-refractivity contribution in [2.45, 2.75) is 38.6 Å². The Morgan fingerprint density at radius 2 is 1.88 bits per heavy atom. The molecule has 2 aromatic carbocycles. The molecular formula is C25H25ClN4OS2. The van der Waals surface area contributed by atoms with Crippen LogP contribution in [0.1, 0.15) is 38.4 Å². The first-order valence-electron chi connectivity index (χ1n) is 10.6. The molecule has 0 aliphatic rings. The van der Waals surface area contributed by atoms with E-state index in [1.54, 1.807) is 0 Å². The van der Waals surface area contributed by atoms with E-state index in [2.05, 4.69) is 40.0 Å². The summed E-state index contributed by atoms with van der Waals surface area (Å²) in [6.45, 7) is 8.80. The van der Waals surface area contributed by atoms with Gasteiger partial charge in [0.05, 0.1) is 5.75 Å². The molecule has 2 aromatic heterocycles. The normalized spacial score (nSPS) is 11.1. The maximum Gasteiger partial charge on any atom is 0.210 e. The smallest absolute Gasteiger partial charge is 0.210 e. The molecule has 2 heterocycles. The van der Waals surface area contributed by atoms with Gasteiger partial charge in [0.1, 0.15) is 0 Å². The molecule has 4 aromatic rings. The average molecular weight is 497 g/mol. The number of thioether (sulfide) groups is 1. The van der Waals surface area contributed by atoms with Crippen LogP contribution in [0, 0.1) is 27.7 Å². The molecule has 170 valence electrons. The third kappa shape index (κ3) is 5.32. The van der Waals surface area contributed by atoms with Crippen LogP contribution in [-0.4, -0.2) is 26.3 Å². The number of ketones is 1. The Hall–Kier alpha value is -2.61. The fourth-order valence-electron chi connectivity index (χ4n) is 3.65. The van der Waals surface area contributed by atoms with Crippen LogP contribution in [0.2, 0.25) is 5.02 Å². The molecule has 1 N–H and O–H groups in total. The Morgan fingerprint density at radius 1 is 1.09 bits per heavy atom. The lowest BCUT2D eigenvalue weighted by Crippen LogP contribution is -2.07. The number of halogens is 1. The Balaban J connectivity index is 1.41. The van der Waals surface area contributed by atoms with E-state index in [0.717, 1.165) is 42.7 Å². The lowest BCUT2D eigenvalue weighted by molar-refractivity contribution is 0.102. The minimum absolute atomic E-state index is 0.0812. The summed E-state index contributed by atoms with van der Waals surface area (Å²) in [5.41, 5.74) is 7.19. The second-order valence-electron chi connectivity index (χ2n) is 7.92. The van der Waals surface area contributed by atoms with Gasteiger partial charge in [0.15, 0.2) is 10.1 Å². The van der Waals surface area contributed by atoms with Crippen molar-refractivity contribution in [3.8, 4) is 0 Å². The van der Waals surface area contributed by atoms with Gasteiger partial charge in [0.25, 0.3) is 0 Å². The minimum Gasteiger partial charge on any atom is -0.344 e. The standard InChI is InChI=1S/C25H25ClN4OS2/c1-15-8-7-11-22(17(15)3)27-24-28-29-25(33-24)32-14-23(31)20-12-16(2)30(18(20)4)13-19-9-5-6-10-21(19)26/h5-12H,13-14H2,1-4H3,(H,27,28). The first-order valence-corrected chi connectivity index (χ1v) is 12.7. The predicted octanol–water partition coefficient (Wildman–Crippen LogP) is 6.99. The van der Waals surface area contributed by atoms with Crippen molar-refractivity contribution in [3.05, 3.63) is 87.2 Å². The van der Waals surface area contributed by atoms with Gasteiger partial charge in [-0.3, -0.25) is 4.79 Å². The topological polar surface area (TPSA) is 59.8 Å². The number of carbonyl (C=O) groups excluding carboxylic acids is 1. The average Bonchev–Trinajstić information content (AvgIpc) is 3.36. The van der Waals surface area contributed by atoms with Crippen molar-refractivity contribution >= 4 is 51.3 Å². The molecule has 0 saturated heterocycles. The number of hydrogen-bond acceptors (Lipinski definition) is 6. The molecule has 5 nitrogen and oxygen atoms in total. The summed E-state index contributed by atoms with van der Waals surface area (Å²) in [5.74, 6) is 0.395. The van der Waals surface area contributed by atoms with Crippen LogP contribution in [-0.2, 0) is 6.54 Å². The molecular weight excluding hydrogens is 472 g/mol. The highest BCUT2D eigenvalue weighted by molar-refractivity contribution is 8.01. The molecule has 0 atom stereocenters. The van der Waals surface area contributed by atoms with E-state index in [-0.39, 0.29) is 5.78 Å². The SMILES string of the molecule is Cc1cccc(Nc2nnc(SCC(=O)c3cc(C)n(Cc4ccccc4Cl)c3C)s2)c1C. The zero-order chi connectivity index (χ0) is 23.5. The minimum atomic E-state index is 0.0812. The Morgan fingerprint density at radius 3 is 2.67 bits per heavy atom. The fourth-order valence-corrected chi connectivity index (χ4v) is 5.49. The van der Waals surface area contributed by atoms with Crippen LogP contribution in [0.4, 0.5) is 10.8 Å². The second kappa shape index (κ2) is 10.1. The number of aromatic nitrogens is 3. The van der Waals surface area contributed by atoms with Crippen molar-refractivity contribution in [1.29, 1.82) is 0 Å². The molecule has 8 heteroatoms. The summed E-state index contributed by atoms with van der Waals surface area (Å²) in [5, 5.41) is 13.3. The van der Waals surface area contributed by atoms with E-state index < -0.39 is 0 Å². The monoisotopic (exact) mass is 496 g/mol. The Labute approximate surface area is 207 Å². The summed E-state index contributed by atoms with van der Waals surface area (Å²) in [7, 11) is 0. The molecule has 0 aliphatic heterocycles. The lowest BCUT2D eigenvalue weighted by atomic mass is 10.1. The van der Waals surface area contributed by atoms with E-state index in [4.69, 9.17) is 11.6 Å². The van der Waals surface area contributed by atoms with Crippen molar-refractivity contribution in [2.24, 2.45) is 0 Å². The number of rotatable bonds is 8. The summed E-state index contributed by atoms with van der Waals surface area (Å²) in [6.07, 6.45) is 0. The molecule has 0 saturated carbocycles. The van der Waals surface area contributed by atoms with Gasteiger partial charge in [-0.15, -0.1) is 10.2 Å². The molecule has 0 amide bonds. The van der Waals surface area contributed by atoms with Crippen LogP contribution in [0.5, 0.6) is 0 Å². The van der Waals surface area contributed by atoms with Gasteiger partial charge in [-0.25, -0.2) is 0 Å². The quantitative estimate of drug-likeness (QED) is 0.210. The molecule has 33 heavy (non-hydrogen) atoms. The van der Waals surface area contributed by atoms with Crippen LogP contribution in [0.3, 0.4) is 0 Å². The highest BCUT2D eigenvalue weighted by atomic mass is 35.5. The highest BCUT2D eigenvalue weighted by Gasteiger charge is 2.18. The zero-order valence-electron chi connectivity index (χ0n) is 19.0. The van der Waals surface area contributed by atoms with Crippen LogP contribution in [0.25, 0.3) is 0 Å². The molecule has 0 radical (unpaired) electrons. The number of hydrogen-bond donors (Lipinski definition) is 1. The van der Waals surface area contributed by atoms with E-state index in [1.165, 1.54) is 34.2 Å². The maximum atomic E-state index is 13.0. The molecule has 4 rings (SSSR count). The Kier molecular flexibility index (Phi) is 7.22. The third-order valence-electron chi connectivity index (χ3n) is 5.74. The van der Waals surface area contributed by atoms with E-state index >= 15 is 0 Å². The zero-order valence-corrected chi connectivity index (χ0v) is 21.4. The van der Waals surface area contributed by atoms with E-state index in [0.29, 0.717) is 12.3 Å². The maximum absolute atomic E-state index is 13.0. The summed E-state index contributed by atoms with van der Waals surface area (Å²) in [6, 6.07) is 15.9.